The van der Waals surface area contributed by atoms with E-state index in [9.17, 15) is 5.26 Å². The second-order valence-corrected chi connectivity index (χ2v) is 6.88. The van der Waals surface area contributed by atoms with Crippen molar-refractivity contribution in [2.24, 2.45) is 0 Å². The fraction of sp³-hybridized carbons (Fsp3) is 0.941. The minimum atomic E-state index is -0.269. The molecule has 0 aromatic rings. The van der Waals surface area contributed by atoms with Crippen LogP contribution in [0.3, 0.4) is 0 Å². The number of nitrogens with one attached hydrogen (secondary N) is 1. The van der Waals surface area contributed by atoms with Gasteiger partial charge in [-0.25, -0.2) is 0 Å². The zero-order chi connectivity index (χ0) is 15.3. The van der Waals surface area contributed by atoms with Crippen LogP contribution in [0, 0.1) is 11.3 Å². The molecule has 1 aliphatic heterocycles. The van der Waals surface area contributed by atoms with Crippen LogP contribution in [-0.4, -0.2) is 60.6 Å². The van der Waals surface area contributed by atoms with E-state index in [4.69, 9.17) is 0 Å². The molecule has 0 aromatic heterocycles. The molecule has 4 nitrogen and oxygen atoms in total. The lowest BCUT2D eigenvalue weighted by Crippen LogP contribution is -2.46. The van der Waals surface area contributed by atoms with Gasteiger partial charge in [0.15, 0.2) is 0 Å². The molecule has 1 saturated heterocycles. The first-order chi connectivity index (χ1) is 10.1. The largest absolute Gasteiger partial charge is 0.302 e. The normalized spacial score (nSPS) is 33.7. The Morgan fingerprint density at radius 3 is 2.86 bits per heavy atom. The monoisotopic (exact) mass is 292 g/mol. The molecule has 1 aliphatic carbocycles. The Kier molecular flexibility index (Phi) is 6.04. The van der Waals surface area contributed by atoms with Crippen molar-refractivity contribution < 1.29 is 0 Å². The molecule has 4 heteroatoms. The van der Waals surface area contributed by atoms with E-state index in [2.05, 4.69) is 42.1 Å². The summed E-state index contributed by atoms with van der Waals surface area (Å²) in [7, 11) is 2.25. The minimum absolute atomic E-state index is 0.269. The van der Waals surface area contributed by atoms with Crippen LogP contribution in [0.1, 0.15) is 52.4 Å². The van der Waals surface area contributed by atoms with Crippen LogP contribution in [0.5, 0.6) is 0 Å². The van der Waals surface area contributed by atoms with Gasteiger partial charge in [0.25, 0.3) is 0 Å². The first-order valence-corrected chi connectivity index (χ1v) is 8.74. The maximum absolute atomic E-state index is 9.57. The van der Waals surface area contributed by atoms with Gasteiger partial charge in [0.1, 0.15) is 5.54 Å². The second kappa shape index (κ2) is 7.58. The quantitative estimate of drug-likeness (QED) is 0.781. The van der Waals surface area contributed by atoms with E-state index >= 15 is 0 Å². The van der Waals surface area contributed by atoms with E-state index in [1.54, 1.807) is 0 Å². The molecule has 3 atom stereocenters. The fourth-order valence-corrected chi connectivity index (χ4v) is 4.06. The number of likely N-dealkylation sites (tertiary alicyclic amines) is 1. The molecule has 0 radical (unpaired) electrons. The van der Waals surface area contributed by atoms with Crippen molar-refractivity contribution in [2.45, 2.75) is 70.0 Å². The third-order valence-corrected chi connectivity index (χ3v) is 5.44. The minimum Gasteiger partial charge on any atom is -0.302 e. The zero-order valence-corrected chi connectivity index (χ0v) is 14.1. The molecule has 0 bridgehead atoms. The van der Waals surface area contributed by atoms with Crippen molar-refractivity contribution in [1.29, 1.82) is 5.26 Å². The van der Waals surface area contributed by atoms with Gasteiger partial charge in [-0.3, -0.25) is 10.2 Å². The topological polar surface area (TPSA) is 42.3 Å². The number of nitrogens with zero attached hydrogens (tertiary/aromatic N) is 3. The number of hydrogen-bond acceptors (Lipinski definition) is 4. The highest BCUT2D eigenvalue weighted by atomic mass is 15.2. The summed E-state index contributed by atoms with van der Waals surface area (Å²) >= 11 is 0. The average Bonchev–Trinajstić information content (AvgIpc) is 3.12. The molecule has 2 fully saturated rings. The van der Waals surface area contributed by atoms with Crippen molar-refractivity contribution in [1.82, 2.24) is 15.1 Å². The Morgan fingerprint density at radius 1 is 1.38 bits per heavy atom. The third-order valence-electron chi connectivity index (χ3n) is 5.44. The number of hydrogen-bond donors (Lipinski definition) is 1. The zero-order valence-electron chi connectivity index (χ0n) is 14.1. The highest BCUT2D eigenvalue weighted by Gasteiger charge is 2.41. The molecule has 1 saturated carbocycles. The van der Waals surface area contributed by atoms with Gasteiger partial charge in [0, 0.05) is 18.6 Å². The lowest BCUT2D eigenvalue weighted by molar-refractivity contribution is 0.161. The molecule has 2 rings (SSSR count). The third kappa shape index (κ3) is 3.97. The summed E-state index contributed by atoms with van der Waals surface area (Å²) in [6.07, 6.45) is 6.91. The van der Waals surface area contributed by atoms with Gasteiger partial charge in [-0.1, -0.05) is 13.8 Å². The van der Waals surface area contributed by atoms with Crippen molar-refractivity contribution in [3.63, 3.8) is 0 Å². The fourth-order valence-electron chi connectivity index (χ4n) is 4.06. The summed E-state index contributed by atoms with van der Waals surface area (Å²) in [5.74, 6) is 0. The average molecular weight is 292 g/mol. The Hall–Kier alpha value is -0.630. The first kappa shape index (κ1) is 16.7. The standard InChI is InChI=1S/C17H32N4/c1-4-10-19-17(14-18)9-8-15(12-17)20(3)13-16-7-6-11-21(16)5-2/h15-16,19H,4-13H2,1-3H3. The van der Waals surface area contributed by atoms with Crippen molar-refractivity contribution in [3.05, 3.63) is 0 Å². The molecule has 0 amide bonds. The van der Waals surface area contributed by atoms with E-state index in [1.807, 2.05) is 0 Å². The SMILES string of the molecule is CCCNC1(C#N)CCC(N(C)CC2CCCN2CC)C1. The smallest absolute Gasteiger partial charge is 0.108 e. The summed E-state index contributed by atoms with van der Waals surface area (Å²) in [5, 5.41) is 13.1. The molecule has 1 N–H and O–H groups in total. The van der Waals surface area contributed by atoms with Crippen LogP contribution in [0.2, 0.25) is 0 Å². The highest BCUT2D eigenvalue weighted by molar-refractivity contribution is 5.13. The predicted molar refractivity (Wildman–Crippen MR) is 87.2 cm³/mol. The summed E-state index contributed by atoms with van der Waals surface area (Å²) in [6, 6.07) is 3.85. The summed E-state index contributed by atoms with van der Waals surface area (Å²) in [5.41, 5.74) is -0.269. The molecular formula is C17H32N4. The molecule has 2 aliphatic rings. The molecule has 0 aromatic carbocycles. The van der Waals surface area contributed by atoms with Crippen LogP contribution in [0.15, 0.2) is 0 Å². The summed E-state index contributed by atoms with van der Waals surface area (Å²) in [6.45, 7) is 8.98. The van der Waals surface area contributed by atoms with Crippen molar-refractivity contribution in [2.75, 3.05) is 33.2 Å². The summed E-state index contributed by atoms with van der Waals surface area (Å²) < 4.78 is 0. The first-order valence-electron chi connectivity index (χ1n) is 8.74. The van der Waals surface area contributed by atoms with Crippen LogP contribution in [-0.2, 0) is 0 Å². The van der Waals surface area contributed by atoms with Gasteiger partial charge in [0.05, 0.1) is 6.07 Å². The maximum Gasteiger partial charge on any atom is 0.108 e. The van der Waals surface area contributed by atoms with Gasteiger partial charge >= 0.3 is 0 Å². The maximum atomic E-state index is 9.57. The van der Waals surface area contributed by atoms with E-state index in [0.29, 0.717) is 6.04 Å². The molecule has 0 spiro atoms. The Labute approximate surface area is 130 Å². The molecule has 120 valence electrons. The van der Waals surface area contributed by atoms with Gasteiger partial charge < -0.3 is 4.90 Å². The van der Waals surface area contributed by atoms with Crippen molar-refractivity contribution >= 4 is 0 Å². The molecule has 1 heterocycles. The predicted octanol–water partition coefficient (Wildman–Crippen LogP) is 2.22. The van der Waals surface area contributed by atoms with Gasteiger partial charge in [0.2, 0.25) is 0 Å². The number of nitriles is 1. The van der Waals surface area contributed by atoms with Gasteiger partial charge in [-0.15, -0.1) is 0 Å². The van der Waals surface area contributed by atoms with Crippen LogP contribution in [0.4, 0.5) is 0 Å². The molecular weight excluding hydrogens is 260 g/mol. The van der Waals surface area contributed by atoms with E-state index in [1.165, 1.54) is 25.9 Å². The highest BCUT2D eigenvalue weighted by Crippen LogP contribution is 2.33. The van der Waals surface area contributed by atoms with E-state index in [0.717, 1.165) is 44.8 Å². The van der Waals surface area contributed by atoms with Crippen LogP contribution >= 0.6 is 0 Å². The number of rotatable bonds is 7. The molecule has 3 unspecified atom stereocenters. The van der Waals surface area contributed by atoms with Crippen LogP contribution in [0.25, 0.3) is 0 Å². The Balaban J connectivity index is 1.86. The lowest BCUT2D eigenvalue weighted by atomic mass is 9.99. The van der Waals surface area contributed by atoms with Crippen LogP contribution < -0.4 is 5.32 Å². The van der Waals surface area contributed by atoms with Crippen molar-refractivity contribution in [3.8, 4) is 6.07 Å². The van der Waals surface area contributed by atoms with Gasteiger partial charge in [-0.2, -0.15) is 5.26 Å². The molecule has 21 heavy (non-hydrogen) atoms. The number of likely N-dealkylation sites (N-methyl/N-ethyl adjacent to an activating group) is 2. The van der Waals surface area contributed by atoms with E-state index in [-0.39, 0.29) is 5.54 Å². The summed E-state index contributed by atoms with van der Waals surface area (Å²) in [4.78, 5) is 5.13. The Morgan fingerprint density at radius 2 is 2.19 bits per heavy atom. The lowest BCUT2D eigenvalue weighted by Gasteiger charge is -2.32. The van der Waals surface area contributed by atoms with Gasteiger partial charge in [-0.05, 0) is 65.2 Å². The second-order valence-electron chi connectivity index (χ2n) is 6.88. The van der Waals surface area contributed by atoms with E-state index < -0.39 is 0 Å². The Bertz CT molecular complexity index is 364.